The molecule has 2 aromatic carbocycles. The number of aromatic nitrogens is 2. The molecule has 0 aliphatic rings. The molecule has 0 aliphatic carbocycles. The number of aryl methyl sites for hydroxylation is 1. The van der Waals surface area contributed by atoms with E-state index in [1.807, 2.05) is 0 Å². The first-order chi connectivity index (χ1) is 12.8. The summed E-state index contributed by atoms with van der Waals surface area (Å²) in [6.45, 7) is 5.22. The Hall–Kier alpha value is -3.55. The Kier molecular flexibility index (Phi) is 4.72. The van der Waals surface area contributed by atoms with Gasteiger partial charge < -0.3 is 5.32 Å². The molecule has 0 spiro atoms. The molecule has 0 unspecified atom stereocenters. The van der Waals surface area contributed by atoms with E-state index in [2.05, 4.69) is 10.4 Å². The van der Waals surface area contributed by atoms with Gasteiger partial charge in [-0.1, -0.05) is 24.3 Å². The number of nitrogens with zero attached hydrogens (tertiary/aromatic N) is 3. The Morgan fingerprint density at radius 2 is 1.85 bits per heavy atom. The number of fused-ring (bicyclic) bond motifs is 1. The molecule has 0 atom stereocenters. The molecule has 0 saturated carbocycles. The summed E-state index contributed by atoms with van der Waals surface area (Å²) in [6.07, 6.45) is 0. The van der Waals surface area contributed by atoms with Crippen molar-refractivity contribution in [3.05, 3.63) is 74.2 Å². The highest BCUT2D eigenvalue weighted by atomic mass is 16.6. The standard InChI is InChI=1S/C19H18N4O4/c1-11(2)22-19(25)15-7-5-4-6-14(15)17(21-22)18(24)20-13-9-8-12(3)16(10-13)23(26)27/h4-11H,1-3H3,(H,20,24). The quantitative estimate of drug-likeness (QED) is 0.562. The number of carbonyl (C=O) groups is 1. The predicted molar refractivity (Wildman–Crippen MR) is 102 cm³/mol. The Labute approximate surface area is 154 Å². The smallest absolute Gasteiger partial charge is 0.276 e. The second-order valence-corrected chi connectivity index (χ2v) is 6.45. The molecule has 0 aliphatic heterocycles. The molecule has 27 heavy (non-hydrogen) atoms. The van der Waals surface area contributed by atoms with E-state index < -0.39 is 10.8 Å². The van der Waals surface area contributed by atoms with Crippen LogP contribution in [0.15, 0.2) is 47.3 Å². The minimum Gasteiger partial charge on any atom is -0.320 e. The van der Waals surface area contributed by atoms with E-state index in [9.17, 15) is 19.7 Å². The van der Waals surface area contributed by atoms with Gasteiger partial charge in [-0.3, -0.25) is 19.7 Å². The van der Waals surface area contributed by atoms with Gasteiger partial charge in [0.2, 0.25) is 0 Å². The van der Waals surface area contributed by atoms with Gasteiger partial charge in [0.25, 0.3) is 17.2 Å². The molecule has 0 radical (unpaired) electrons. The molecule has 0 bridgehead atoms. The minimum atomic E-state index is -0.543. The SMILES string of the molecule is Cc1ccc(NC(=O)c2nn(C(C)C)c(=O)c3ccccc23)cc1[N+](=O)[O-]. The summed E-state index contributed by atoms with van der Waals surface area (Å²) in [5.41, 5.74) is 0.503. The highest BCUT2D eigenvalue weighted by Crippen LogP contribution is 2.23. The van der Waals surface area contributed by atoms with Gasteiger partial charge in [0.05, 0.1) is 16.4 Å². The van der Waals surface area contributed by atoms with Crippen molar-refractivity contribution in [2.24, 2.45) is 0 Å². The van der Waals surface area contributed by atoms with Crippen molar-refractivity contribution in [3.63, 3.8) is 0 Å². The zero-order valence-corrected chi connectivity index (χ0v) is 15.1. The van der Waals surface area contributed by atoms with Gasteiger partial charge in [-0.2, -0.15) is 5.10 Å². The van der Waals surface area contributed by atoms with E-state index in [0.29, 0.717) is 16.3 Å². The van der Waals surface area contributed by atoms with Crippen LogP contribution in [-0.2, 0) is 0 Å². The lowest BCUT2D eigenvalue weighted by atomic mass is 10.1. The molecule has 0 fully saturated rings. The summed E-state index contributed by atoms with van der Waals surface area (Å²) >= 11 is 0. The average Bonchev–Trinajstić information content (AvgIpc) is 2.63. The molecule has 1 heterocycles. The lowest BCUT2D eigenvalue weighted by Gasteiger charge is -2.13. The Balaban J connectivity index is 2.09. The molecule has 1 amide bonds. The fourth-order valence-electron chi connectivity index (χ4n) is 2.80. The van der Waals surface area contributed by atoms with Crippen LogP contribution in [0.25, 0.3) is 10.8 Å². The summed E-state index contributed by atoms with van der Waals surface area (Å²) in [5, 5.41) is 18.8. The minimum absolute atomic E-state index is 0.0853. The number of nitro groups is 1. The zero-order valence-electron chi connectivity index (χ0n) is 15.1. The van der Waals surface area contributed by atoms with Crippen LogP contribution in [0.3, 0.4) is 0 Å². The van der Waals surface area contributed by atoms with E-state index in [1.54, 1.807) is 57.2 Å². The molecule has 1 aromatic heterocycles. The number of hydrogen-bond acceptors (Lipinski definition) is 5. The molecule has 8 nitrogen and oxygen atoms in total. The number of benzene rings is 2. The molecule has 138 valence electrons. The summed E-state index contributed by atoms with van der Waals surface area (Å²) < 4.78 is 1.26. The van der Waals surface area contributed by atoms with Crippen LogP contribution in [0.2, 0.25) is 0 Å². The number of rotatable bonds is 4. The van der Waals surface area contributed by atoms with Crippen LogP contribution in [0, 0.1) is 17.0 Å². The number of nitrogens with one attached hydrogen (secondary N) is 1. The highest BCUT2D eigenvalue weighted by molar-refractivity contribution is 6.11. The van der Waals surface area contributed by atoms with E-state index >= 15 is 0 Å². The summed E-state index contributed by atoms with van der Waals surface area (Å²) in [5.74, 6) is -0.543. The Morgan fingerprint density at radius 1 is 1.19 bits per heavy atom. The van der Waals surface area contributed by atoms with Crippen LogP contribution >= 0.6 is 0 Å². The largest absolute Gasteiger partial charge is 0.320 e. The van der Waals surface area contributed by atoms with Crippen LogP contribution < -0.4 is 10.9 Å². The maximum absolute atomic E-state index is 12.8. The van der Waals surface area contributed by atoms with Gasteiger partial charge in [0.1, 0.15) is 0 Å². The normalized spacial score (nSPS) is 11.0. The fraction of sp³-hybridized carbons (Fsp3) is 0.211. The lowest BCUT2D eigenvalue weighted by Crippen LogP contribution is -2.28. The lowest BCUT2D eigenvalue weighted by molar-refractivity contribution is -0.385. The third-order valence-corrected chi connectivity index (χ3v) is 4.20. The van der Waals surface area contributed by atoms with E-state index in [-0.39, 0.29) is 28.7 Å². The molecule has 1 N–H and O–H groups in total. The first-order valence-electron chi connectivity index (χ1n) is 8.37. The second-order valence-electron chi connectivity index (χ2n) is 6.45. The van der Waals surface area contributed by atoms with Gasteiger partial charge in [0.15, 0.2) is 5.69 Å². The van der Waals surface area contributed by atoms with Gasteiger partial charge >= 0.3 is 0 Å². The topological polar surface area (TPSA) is 107 Å². The summed E-state index contributed by atoms with van der Waals surface area (Å²) in [6, 6.07) is 11.0. The number of hydrogen-bond donors (Lipinski definition) is 1. The predicted octanol–water partition coefficient (Wildman–Crippen LogP) is 3.45. The molecular weight excluding hydrogens is 348 g/mol. The Morgan fingerprint density at radius 3 is 2.48 bits per heavy atom. The maximum Gasteiger partial charge on any atom is 0.276 e. The summed E-state index contributed by atoms with van der Waals surface area (Å²) in [7, 11) is 0. The Bertz CT molecular complexity index is 1120. The average molecular weight is 366 g/mol. The van der Waals surface area contributed by atoms with Gasteiger partial charge in [-0.05, 0) is 32.9 Å². The van der Waals surface area contributed by atoms with E-state index in [0.717, 1.165) is 0 Å². The van der Waals surface area contributed by atoms with E-state index in [4.69, 9.17) is 0 Å². The van der Waals surface area contributed by atoms with Crippen molar-refractivity contribution < 1.29 is 9.72 Å². The van der Waals surface area contributed by atoms with Crippen molar-refractivity contribution in [2.75, 3.05) is 5.32 Å². The van der Waals surface area contributed by atoms with Crippen molar-refractivity contribution >= 4 is 28.1 Å². The first kappa shape index (κ1) is 18.2. The molecular formula is C19H18N4O4. The van der Waals surface area contributed by atoms with Crippen LogP contribution in [0.1, 0.15) is 35.9 Å². The third kappa shape index (κ3) is 3.41. The molecule has 8 heteroatoms. The van der Waals surface area contributed by atoms with Gasteiger partial charge in [-0.25, -0.2) is 4.68 Å². The van der Waals surface area contributed by atoms with Gasteiger partial charge in [-0.15, -0.1) is 0 Å². The van der Waals surface area contributed by atoms with Crippen molar-refractivity contribution in [3.8, 4) is 0 Å². The van der Waals surface area contributed by atoms with Crippen molar-refractivity contribution in [1.29, 1.82) is 0 Å². The van der Waals surface area contributed by atoms with E-state index in [1.165, 1.54) is 10.7 Å². The number of carbonyl (C=O) groups excluding carboxylic acids is 1. The first-order valence-corrected chi connectivity index (χ1v) is 8.37. The summed E-state index contributed by atoms with van der Waals surface area (Å²) in [4.78, 5) is 36.0. The second kappa shape index (κ2) is 6.99. The van der Waals surface area contributed by atoms with Crippen molar-refractivity contribution in [2.45, 2.75) is 26.8 Å². The number of anilines is 1. The maximum atomic E-state index is 12.8. The van der Waals surface area contributed by atoms with Crippen LogP contribution in [0.4, 0.5) is 11.4 Å². The zero-order chi connectivity index (χ0) is 19.7. The molecule has 3 rings (SSSR count). The number of amides is 1. The van der Waals surface area contributed by atoms with Gasteiger partial charge in [0, 0.05) is 22.7 Å². The third-order valence-electron chi connectivity index (χ3n) is 4.20. The monoisotopic (exact) mass is 366 g/mol. The fourth-order valence-corrected chi connectivity index (χ4v) is 2.80. The van der Waals surface area contributed by atoms with Crippen LogP contribution in [-0.4, -0.2) is 20.6 Å². The molecule has 3 aromatic rings. The van der Waals surface area contributed by atoms with Crippen molar-refractivity contribution in [1.82, 2.24) is 9.78 Å². The highest BCUT2D eigenvalue weighted by Gasteiger charge is 2.19. The number of nitro benzene ring substituents is 1. The molecule has 0 saturated heterocycles. The van der Waals surface area contributed by atoms with Crippen LogP contribution in [0.5, 0.6) is 0 Å².